The molecule has 1 aromatic carbocycles. The molecule has 2 aliphatic heterocycles. The molecule has 0 unspecified atom stereocenters. The van der Waals surface area contributed by atoms with Gasteiger partial charge < -0.3 is 19.7 Å². The Kier molecular flexibility index (Phi) is 5.53. The van der Waals surface area contributed by atoms with Crippen molar-refractivity contribution >= 4 is 23.3 Å². The fraction of sp³-hybridized carbons (Fsp3) is 0.500. The Hall–Kier alpha value is -2.21. The second-order valence-corrected chi connectivity index (χ2v) is 7.67. The third-order valence-electron chi connectivity index (χ3n) is 5.36. The average Bonchev–Trinajstić information content (AvgIpc) is 3.11. The van der Waals surface area contributed by atoms with Gasteiger partial charge in [0.1, 0.15) is 5.82 Å². The van der Waals surface area contributed by atoms with Crippen LogP contribution in [0.1, 0.15) is 24.4 Å². The van der Waals surface area contributed by atoms with Gasteiger partial charge in [0.25, 0.3) is 0 Å². The number of carbonyl (C=O) groups is 1. The topological polar surface area (TPSA) is 53.4 Å². The van der Waals surface area contributed by atoms with Crippen LogP contribution in [0.5, 0.6) is 0 Å². The number of benzene rings is 1. The number of amides is 2. The summed E-state index contributed by atoms with van der Waals surface area (Å²) in [5.74, 6) is 1.19. The minimum atomic E-state index is 0.0183. The van der Waals surface area contributed by atoms with Crippen LogP contribution in [0.25, 0.3) is 0 Å². The quantitative estimate of drug-likeness (QED) is 0.877. The first-order valence-electron chi connectivity index (χ1n) is 9.77. The van der Waals surface area contributed by atoms with Gasteiger partial charge >= 0.3 is 6.03 Å². The van der Waals surface area contributed by atoms with Gasteiger partial charge in [0.05, 0.1) is 5.69 Å². The molecule has 2 aliphatic rings. The molecule has 3 heterocycles. The summed E-state index contributed by atoms with van der Waals surface area (Å²) in [5, 5.41) is 3.79. The van der Waals surface area contributed by atoms with Gasteiger partial charge in [0.15, 0.2) is 0 Å². The monoisotopic (exact) mass is 387 g/mol. The van der Waals surface area contributed by atoms with E-state index in [1.165, 1.54) is 18.7 Å². The highest BCUT2D eigenvalue weighted by molar-refractivity contribution is 6.30. The van der Waals surface area contributed by atoms with E-state index in [-0.39, 0.29) is 6.03 Å². The molecule has 6 nitrogen and oxygen atoms in total. The summed E-state index contributed by atoms with van der Waals surface area (Å²) in [5.41, 5.74) is 2.20. The van der Waals surface area contributed by atoms with Crippen LogP contribution in [0.4, 0.5) is 10.5 Å². The summed E-state index contributed by atoms with van der Waals surface area (Å²) < 4.78 is 2.26. The number of nitrogens with one attached hydrogen (secondary N) is 1. The average molecular weight is 388 g/mol. The number of rotatable bonds is 4. The molecule has 0 radical (unpaired) electrons. The predicted octanol–water partition coefficient (Wildman–Crippen LogP) is 2.95. The summed E-state index contributed by atoms with van der Waals surface area (Å²) in [7, 11) is 0. The normalized spacial score (nSPS) is 16.9. The molecular weight excluding hydrogens is 362 g/mol. The Balaban J connectivity index is 1.22. The lowest BCUT2D eigenvalue weighted by atomic mass is 10.2. The molecule has 0 saturated carbocycles. The van der Waals surface area contributed by atoms with E-state index < -0.39 is 0 Å². The highest BCUT2D eigenvalue weighted by Crippen LogP contribution is 2.20. The van der Waals surface area contributed by atoms with Crippen molar-refractivity contribution in [3.63, 3.8) is 0 Å². The molecule has 1 aromatic heterocycles. The van der Waals surface area contributed by atoms with Crippen molar-refractivity contribution in [2.75, 3.05) is 37.6 Å². The van der Waals surface area contributed by atoms with Gasteiger partial charge in [-0.25, -0.2) is 9.78 Å². The van der Waals surface area contributed by atoms with Crippen LogP contribution in [-0.4, -0.2) is 53.2 Å². The maximum Gasteiger partial charge on any atom is 0.317 e. The number of carbonyl (C=O) groups excluding carboxylic acids is 1. The van der Waals surface area contributed by atoms with Gasteiger partial charge in [0.2, 0.25) is 0 Å². The molecule has 144 valence electrons. The highest BCUT2D eigenvalue weighted by Gasteiger charge is 2.21. The molecular formula is C20H26ClN5O. The van der Waals surface area contributed by atoms with E-state index in [9.17, 15) is 4.79 Å². The van der Waals surface area contributed by atoms with Crippen molar-refractivity contribution in [1.29, 1.82) is 0 Å². The number of aromatic nitrogens is 2. The standard InChI is InChI=1S/C20H26ClN5O/c21-16-4-3-5-18(14-16)24-10-12-25(13-11-24)20(27)22-8-7-17-15-26-9-2-1-6-19(26)23-17/h3-5,14-15H,1-2,6-13H2,(H,22,27). The van der Waals surface area contributed by atoms with E-state index >= 15 is 0 Å². The largest absolute Gasteiger partial charge is 0.368 e. The number of nitrogens with zero attached hydrogens (tertiary/aromatic N) is 4. The lowest BCUT2D eigenvalue weighted by molar-refractivity contribution is 0.194. The van der Waals surface area contributed by atoms with Crippen molar-refractivity contribution < 1.29 is 4.79 Å². The number of piperazine rings is 1. The van der Waals surface area contributed by atoms with Crippen molar-refractivity contribution in [2.45, 2.75) is 32.2 Å². The zero-order chi connectivity index (χ0) is 18.6. The third-order valence-corrected chi connectivity index (χ3v) is 5.59. The molecule has 7 heteroatoms. The first-order valence-corrected chi connectivity index (χ1v) is 10.1. The van der Waals surface area contributed by atoms with Crippen molar-refractivity contribution in [1.82, 2.24) is 19.8 Å². The maximum absolute atomic E-state index is 12.4. The SMILES string of the molecule is O=C(NCCc1cn2c(n1)CCCC2)N1CCN(c2cccc(Cl)c2)CC1. The van der Waals surface area contributed by atoms with E-state index in [0.29, 0.717) is 6.54 Å². The molecule has 0 bridgehead atoms. The second-order valence-electron chi connectivity index (χ2n) is 7.23. The van der Waals surface area contributed by atoms with Crippen LogP contribution in [0.3, 0.4) is 0 Å². The van der Waals surface area contributed by atoms with Gasteiger partial charge in [-0.2, -0.15) is 0 Å². The van der Waals surface area contributed by atoms with E-state index in [1.807, 2.05) is 23.1 Å². The van der Waals surface area contributed by atoms with Crippen LogP contribution in [0.15, 0.2) is 30.5 Å². The minimum absolute atomic E-state index is 0.0183. The highest BCUT2D eigenvalue weighted by atomic mass is 35.5. The number of hydrogen-bond donors (Lipinski definition) is 1. The molecule has 1 fully saturated rings. The van der Waals surface area contributed by atoms with Crippen molar-refractivity contribution in [2.24, 2.45) is 0 Å². The molecule has 0 spiro atoms. The Bertz CT molecular complexity index is 774. The van der Waals surface area contributed by atoms with Gasteiger partial charge in [-0.3, -0.25) is 0 Å². The van der Waals surface area contributed by atoms with Crippen LogP contribution in [0, 0.1) is 0 Å². The lowest BCUT2D eigenvalue weighted by Crippen LogP contribution is -2.52. The van der Waals surface area contributed by atoms with Crippen LogP contribution in [-0.2, 0) is 19.4 Å². The van der Waals surface area contributed by atoms with Gasteiger partial charge in [0, 0.05) is 69.0 Å². The smallest absolute Gasteiger partial charge is 0.317 e. The first kappa shape index (κ1) is 18.2. The minimum Gasteiger partial charge on any atom is -0.368 e. The molecule has 1 N–H and O–H groups in total. The summed E-state index contributed by atoms with van der Waals surface area (Å²) in [6, 6.07) is 7.90. The number of aryl methyl sites for hydroxylation is 2. The zero-order valence-corrected chi connectivity index (χ0v) is 16.3. The van der Waals surface area contributed by atoms with E-state index in [4.69, 9.17) is 16.6 Å². The molecule has 0 aliphatic carbocycles. The van der Waals surface area contributed by atoms with Gasteiger partial charge in [-0.15, -0.1) is 0 Å². The number of fused-ring (bicyclic) bond motifs is 1. The summed E-state index contributed by atoms with van der Waals surface area (Å²) in [6.45, 7) is 4.78. The van der Waals surface area contributed by atoms with Crippen molar-refractivity contribution in [3.05, 3.63) is 47.0 Å². The van der Waals surface area contributed by atoms with E-state index in [2.05, 4.69) is 27.0 Å². The Morgan fingerprint density at radius 3 is 2.78 bits per heavy atom. The van der Waals surface area contributed by atoms with Crippen molar-refractivity contribution in [3.8, 4) is 0 Å². The Labute approximate surface area is 165 Å². The fourth-order valence-corrected chi connectivity index (χ4v) is 4.03. The predicted molar refractivity (Wildman–Crippen MR) is 108 cm³/mol. The summed E-state index contributed by atoms with van der Waals surface area (Å²) in [4.78, 5) is 21.3. The van der Waals surface area contributed by atoms with Gasteiger partial charge in [-0.1, -0.05) is 17.7 Å². The second kappa shape index (κ2) is 8.21. The number of imidazole rings is 1. The molecule has 0 atom stereocenters. The number of halogens is 1. The molecule has 2 aromatic rings. The summed E-state index contributed by atoms with van der Waals surface area (Å²) >= 11 is 6.08. The Morgan fingerprint density at radius 1 is 1.15 bits per heavy atom. The number of hydrogen-bond acceptors (Lipinski definition) is 3. The number of urea groups is 1. The van der Waals surface area contributed by atoms with E-state index in [1.54, 1.807) is 0 Å². The first-order chi connectivity index (χ1) is 13.2. The molecule has 1 saturated heterocycles. The number of anilines is 1. The van der Waals surface area contributed by atoms with Crippen LogP contribution >= 0.6 is 11.6 Å². The molecule has 2 amide bonds. The molecule has 4 rings (SSSR count). The van der Waals surface area contributed by atoms with Gasteiger partial charge in [-0.05, 0) is 31.0 Å². The maximum atomic E-state index is 12.4. The van der Waals surface area contributed by atoms with E-state index in [0.717, 1.165) is 62.0 Å². The fourth-order valence-electron chi connectivity index (χ4n) is 3.84. The van der Waals surface area contributed by atoms with Crippen LogP contribution in [0.2, 0.25) is 5.02 Å². The third kappa shape index (κ3) is 4.38. The molecule has 27 heavy (non-hydrogen) atoms. The lowest BCUT2D eigenvalue weighted by Gasteiger charge is -2.36. The zero-order valence-electron chi connectivity index (χ0n) is 15.5. The Morgan fingerprint density at radius 2 is 2.00 bits per heavy atom. The summed E-state index contributed by atoms with van der Waals surface area (Å²) in [6.07, 6.45) is 6.47. The van der Waals surface area contributed by atoms with Crippen LogP contribution < -0.4 is 10.2 Å².